The van der Waals surface area contributed by atoms with Crippen LogP contribution in [-0.2, 0) is 0 Å². The maximum absolute atomic E-state index is 13.6. The van der Waals surface area contributed by atoms with Crippen LogP contribution in [0.15, 0.2) is 36.4 Å². The van der Waals surface area contributed by atoms with Crippen LogP contribution >= 0.6 is 11.6 Å². The van der Waals surface area contributed by atoms with Crippen LogP contribution in [0.3, 0.4) is 0 Å². The standard InChI is InChI=1S/C13H6ClF3O/c14-13(18)11-7(3-1-5-9(11)15)8-4-2-6-10(16)12(8)17/h1-6H. The summed E-state index contributed by atoms with van der Waals surface area (Å²) in [6.07, 6.45) is 0. The lowest BCUT2D eigenvalue weighted by Crippen LogP contribution is -2.00. The highest BCUT2D eigenvalue weighted by Gasteiger charge is 2.19. The summed E-state index contributed by atoms with van der Waals surface area (Å²) in [7, 11) is 0. The minimum Gasteiger partial charge on any atom is -0.275 e. The molecule has 2 aromatic rings. The molecule has 0 amide bonds. The molecule has 0 fully saturated rings. The van der Waals surface area contributed by atoms with Crippen molar-refractivity contribution in [3.63, 3.8) is 0 Å². The van der Waals surface area contributed by atoms with Crippen LogP contribution in [0.25, 0.3) is 11.1 Å². The molecule has 92 valence electrons. The Bertz CT molecular complexity index is 626. The first-order valence-electron chi connectivity index (χ1n) is 4.95. The van der Waals surface area contributed by atoms with Gasteiger partial charge in [0.15, 0.2) is 11.6 Å². The van der Waals surface area contributed by atoms with Gasteiger partial charge in [-0.3, -0.25) is 4.79 Å². The monoisotopic (exact) mass is 270 g/mol. The van der Waals surface area contributed by atoms with Gasteiger partial charge in [0.25, 0.3) is 5.24 Å². The molecule has 0 aliphatic heterocycles. The number of hydrogen-bond donors (Lipinski definition) is 0. The zero-order valence-electron chi connectivity index (χ0n) is 8.88. The fourth-order valence-electron chi connectivity index (χ4n) is 1.66. The summed E-state index contributed by atoms with van der Waals surface area (Å²) in [6, 6.07) is 7.06. The van der Waals surface area contributed by atoms with Gasteiger partial charge in [-0.1, -0.05) is 24.3 Å². The van der Waals surface area contributed by atoms with Crippen LogP contribution in [0, 0.1) is 17.5 Å². The Kier molecular flexibility index (Phi) is 3.39. The van der Waals surface area contributed by atoms with Gasteiger partial charge in [-0.25, -0.2) is 13.2 Å². The third-order valence-electron chi connectivity index (χ3n) is 2.45. The summed E-state index contributed by atoms with van der Waals surface area (Å²) >= 11 is 5.26. The van der Waals surface area contributed by atoms with Crippen molar-refractivity contribution in [3.05, 3.63) is 59.4 Å². The molecule has 0 bridgehead atoms. The third kappa shape index (κ3) is 2.11. The molecule has 0 atom stereocenters. The van der Waals surface area contributed by atoms with Gasteiger partial charge in [-0.2, -0.15) is 0 Å². The first-order chi connectivity index (χ1) is 8.52. The van der Waals surface area contributed by atoms with Gasteiger partial charge in [0.2, 0.25) is 0 Å². The molecule has 5 heteroatoms. The van der Waals surface area contributed by atoms with Crippen molar-refractivity contribution in [3.8, 4) is 11.1 Å². The van der Waals surface area contributed by atoms with Crippen molar-refractivity contribution in [1.29, 1.82) is 0 Å². The van der Waals surface area contributed by atoms with E-state index in [9.17, 15) is 18.0 Å². The smallest absolute Gasteiger partial charge is 0.255 e. The van der Waals surface area contributed by atoms with Crippen LogP contribution in [0.5, 0.6) is 0 Å². The average molecular weight is 271 g/mol. The molecule has 0 saturated heterocycles. The molecule has 0 aliphatic carbocycles. The maximum Gasteiger partial charge on any atom is 0.255 e. The van der Waals surface area contributed by atoms with E-state index in [4.69, 9.17) is 11.6 Å². The summed E-state index contributed by atoms with van der Waals surface area (Å²) in [5.41, 5.74) is -0.755. The molecule has 18 heavy (non-hydrogen) atoms. The highest BCUT2D eigenvalue weighted by molar-refractivity contribution is 6.68. The summed E-state index contributed by atoms with van der Waals surface area (Å²) in [5, 5.41) is -1.06. The number of halogens is 4. The number of benzene rings is 2. The van der Waals surface area contributed by atoms with Gasteiger partial charge in [0.05, 0.1) is 5.56 Å². The van der Waals surface area contributed by atoms with E-state index in [1.165, 1.54) is 24.3 Å². The SMILES string of the molecule is O=C(Cl)c1c(F)cccc1-c1cccc(F)c1F. The highest BCUT2D eigenvalue weighted by Crippen LogP contribution is 2.30. The third-order valence-corrected chi connectivity index (χ3v) is 2.64. The predicted molar refractivity (Wildman–Crippen MR) is 61.9 cm³/mol. The lowest BCUT2D eigenvalue weighted by atomic mass is 9.99. The van der Waals surface area contributed by atoms with E-state index in [1.54, 1.807) is 0 Å². The fourth-order valence-corrected chi connectivity index (χ4v) is 1.85. The second kappa shape index (κ2) is 4.82. The molecule has 0 spiro atoms. The van der Waals surface area contributed by atoms with E-state index in [2.05, 4.69) is 0 Å². The first-order valence-corrected chi connectivity index (χ1v) is 5.33. The molecule has 0 N–H and O–H groups in total. The summed E-state index contributed by atoms with van der Waals surface area (Å²) in [6.45, 7) is 0. The Balaban J connectivity index is 2.75. The van der Waals surface area contributed by atoms with Gasteiger partial charge in [-0.15, -0.1) is 0 Å². The molecule has 0 saturated carbocycles. The van der Waals surface area contributed by atoms with Crippen LogP contribution in [0.4, 0.5) is 13.2 Å². The molecule has 0 aliphatic rings. The largest absolute Gasteiger partial charge is 0.275 e. The normalized spacial score (nSPS) is 10.4. The molecular weight excluding hydrogens is 265 g/mol. The molecule has 0 aromatic heterocycles. The lowest BCUT2D eigenvalue weighted by molar-refractivity contribution is 0.107. The zero-order chi connectivity index (χ0) is 13.3. The van der Waals surface area contributed by atoms with Crippen molar-refractivity contribution >= 4 is 16.8 Å². The predicted octanol–water partition coefficient (Wildman–Crippen LogP) is 4.15. The Morgan fingerprint density at radius 1 is 0.889 bits per heavy atom. The van der Waals surface area contributed by atoms with Crippen LogP contribution in [0.2, 0.25) is 0 Å². The Hall–Kier alpha value is -1.81. The lowest BCUT2D eigenvalue weighted by Gasteiger charge is -2.08. The molecule has 0 unspecified atom stereocenters. The van der Waals surface area contributed by atoms with E-state index < -0.39 is 28.3 Å². The van der Waals surface area contributed by atoms with Gasteiger partial charge >= 0.3 is 0 Å². The van der Waals surface area contributed by atoms with Crippen molar-refractivity contribution in [2.45, 2.75) is 0 Å². The van der Waals surface area contributed by atoms with E-state index in [-0.39, 0.29) is 11.1 Å². The topological polar surface area (TPSA) is 17.1 Å². The second-order valence-electron chi connectivity index (χ2n) is 3.54. The Labute approximate surface area is 106 Å². The fraction of sp³-hybridized carbons (Fsp3) is 0. The van der Waals surface area contributed by atoms with Gasteiger partial charge in [0.1, 0.15) is 5.82 Å². The molecule has 0 heterocycles. The van der Waals surface area contributed by atoms with E-state index in [1.807, 2.05) is 0 Å². The van der Waals surface area contributed by atoms with Gasteiger partial charge in [-0.05, 0) is 29.3 Å². The van der Waals surface area contributed by atoms with E-state index in [0.717, 1.165) is 12.1 Å². The summed E-state index contributed by atoms with van der Waals surface area (Å²) in [5.74, 6) is -3.11. The average Bonchev–Trinajstić information content (AvgIpc) is 2.32. The summed E-state index contributed by atoms with van der Waals surface area (Å²) < 4.78 is 40.2. The van der Waals surface area contributed by atoms with Gasteiger partial charge < -0.3 is 0 Å². The van der Waals surface area contributed by atoms with Crippen molar-refractivity contribution in [2.75, 3.05) is 0 Å². The minimum absolute atomic E-state index is 0.0769. The molecule has 1 nitrogen and oxygen atoms in total. The molecular formula is C13H6ClF3O. The number of carbonyl (C=O) groups is 1. The molecule has 2 rings (SSSR count). The van der Waals surface area contributed by atoms with Crippen molar-refractivity contribution < 1.29 is 18.0 Å². The number of carbonyl (C=O) groups excluding carboxylic acids is 1. The Morgan fingerprint density at radius 2 is 1.44 bits per heavy atom. The van der Waals surface area contributed by atoms with Crippen LogP contribution in [0.1, 0.15) is 10.4 Å². The first kappa shape index (κ1) is 12.6. The van der Waals surface area contributed by atoms with Gasteiger partial charge in [0, 0.05) is 5.56 Å². The summed E-state index contributed by atoms with van der Waals surface area (Å²) in [4.78, 5) is 11.2. The van der Waals surface area contributed by atoms with E-state index >= 15 is 0 Å². The number of rotatable bonds is 2. The maximum atomic E-state index is 13.6. The quantitative estimate of drug-likeness (QED) is 0.749. The van der Waals surface area contributed by atoms with Crippen LogP contribution in [-0.4, -0.2) is 5.24 Å². The molecule has 0 radical (unpaired) electrons. The number of hydrogen-bond acceptors (Lipinski definition) is 1. The van der Waals surface area contributed by atoms with Crippen LogP contribution < -0.4 is 0 Å². The van der Waals surface area contributed by atoms with Crippen molar-refractivity contribution in [2.24, 2.45) is 0 Å². The zero-order valence-corrected chi connectivity index (χ0v) is 9.64. The molecule has 2 aromatic carbocycles. The Morgan fingerprint density at radius 3 is 2.06 bits per heavy atom. The second-order valence-corrected chi connectivity index (χ2v) is 3.88. The van der Waals surface area contributed by atoms with E-state index in [0.29, 0.717) is 0 Å². The minimum atomic E-state index is -1.15. The highest BCUT2D eigenvalue weighted by atomic mass is 35.5. The van der Waals surface area contributed by atoms with Crippen molar-refractivity contribution in [1.82, 2.24) is 0 Å².